The van der Waals surface area contributed by atoms with E-state index in [-0.39, 0.29) is 6.10 Å². The number of hydrogen-bond donors (Lipinski definition) is 0. The third-order valence-corrected chi connectivity index (χ3v) is 5.47. The lowest BCUT2D eigenvalue weighted by atomic mass is 10.2. The number of benzene rings is 1. The zero-order valence-electron chi connectivity index (χ0n) is 15.4. The molecule has 0 aliphatic rings. The highest BCUT2D eigenvalue weighted by atomic mass is 79.9. The minimum atomic E-state index is 0.112. The smallest absolute Gasteiger partial charge is 0.293 e. The molecular formula is C19H26BrNO3S2. The molecule has 0 spiro atoms. The largest absolute Gasteiger partial charge is 0.484 e. The van der Waals surface area contributed by atoms with Crippen LogP contribution >= 0.6 is 39.0 Å². The summed E-state index contributed by atoms with van der Waals surface area (Å²) in [6, 6.07) is 12.2. The molecule has 1 heterocycles. The number of thiophene rings is 1. The lowest BCUT2D eigenvalue weighted by Crippen LogP contribution is -2.18. The van der Waals surface area contributed by atoms with E-state index in [1.165, 1.54) is 4.88 Å². The Morgan fingerprint density at radius 1 is 1.27 bits per heavy atom. The molecule has 26 heavy (non-hydrogen) atoms. The van der Waals surface area contributed by atoms with Crippen LogP contribution in [0.3, 0.4) is 0 Å². The maximum Gasteiger partial charge on any atom is 0.293 e. The number of hydrogen-bond acceptors (Lipinski definition) is 6. The standard InChI is InChI=1S/C15H18BrNOS.C4H8O2S/c1-17(2)10-9-14(15-8-5-11-19-15)18-13-7-4-3-6-12(13)16;1-7-3-2-6-4-5/h3-8,11,14H,9-10H2,1-2H3;4H,2-3H2,1H3. The van der Waals surface area contributed by atoms with Gasteiger partial charge in [0, 0.05) is 23.6 Å². The van der Waals surface area contributed by atoms with E-state index in [1.807, 2.05) is 30.5 Å². The van der Waals surface area contributed by atoms with Crippen LogP contribution in [0.15, 0.2) is 46.3 Å². The molecule has 0 saturated heterocycles. The Bertz CT molecular complexity index is 609. The van der Waals surface area contributed by atoms with Gasteiger partial charge in [-0.15, -0.1) is 11.3 Å². The van der Waals surface area contributed by atoms with Crippen molar-refractivity contribution in [1.29, 1.82) is 0 Å². The molecule has 1 atom stereocenters. The summed E-state index contributed by atoms with van der Waals surface area (Å²) >= 11 is 6.94. The van der Waals surface area contributed by atoms with Gasteiger partial charge in [0.1, 0.15) is 18.5 Å². The summed E-state index contributed by atoms with van der Waals surface area (Å²) in [4.78, 5) is 12.9. The number of para-hydroxylation sites is 1. The van der Waals surface area contributed by atoms with Crippen LogP contribution in [0, 0.1) is 0 Å². The molecular weight excluding hydrogens is 434 g/mol. The van der Waals surface area contributed by atoms with Crippen molar-refractivity contribution in [2.45, 2.75) is 12.5 Å². The molecule has 0 saturated carbocycles. The number of carbonyl (C=O) groups is 1. The van der Waals surface area contributed by atoms with E-state index in [0.29, 0.717) is 13.1 Å². The van der Waals surface area contributed by atoms with Gasteiger partial charge in [-0.1, -0.05) is 18.2 Å². The van der Waals surface area contributed by atoms with Crippen LogP contribution in [0.1, 0.15) is 17.4 Å². The second kappa shape index (κ2) is 14.1. The van der Waals surface area contributed by atoms with E-state index in [2.05, 4.69) is 57.2 Å². The minimum absolute atomic E-state index is 0.112. The number of rotatable bonds is 10. The molecule has 0 aliphatic carbocycles. The van der Waals surface area contributed by atoms with Crippen molar-refractivity contribution in [1.82, 2.24) is 4.90 Å². The third kappa shape index (κ3) is 9.62. The number of halogens is 1. The van der Waals surface area contributed by atoms with Crippen molar-refractivity contribution in [2.75, 3.05) is 39.3 Å². The summed E-state index contributed by atoms with van der Waals surface area (Å²) in [7, 11) is 4.17. The van der Waals surface area contributed by atoms with E-state index in [1.54, 1.807) is 23.1 Å². The molecule has 7 heteroatoms. The van der Waals surface area contributed by atoms with Crippen LogP contribution in [-0.4, -0.2) is 50.6 Å². The fourth-order valence-corrected chi connectivity index (χ4v) is 3.41. The highest BCUT2D eigenvalue weighted by Crippen LogP contribution is 2.32. The molecule has 2 aromatic rings. The Balaban J connectivity index is 0.000000412. The second-order valence-electron chi connectivity index (χ2n) is 5.60. The van der Waals surface area contributed by atoms with Crippen molar-refractivity contribution >= 4 is 45.5 Å². The summed E-state index contributed by atoms with van der Waals surface area (Å²) in [5.74, 6) is 1.79. The molecule has 0 bridgehead atoms. The fourth-order valence-electron chi connectivity index (χ4n) is 1.98. The Labute approximate surface area is 173 Å². The first kappa shape index (κ1) is 23.0. The molecule has 4 nitrogen and oxygen atoms in total. The maximum absolute atomic E-state index is 9.45. The Hall–Kier alpha value is -1.02. The van der Waals surface area contributed by atoms with Crippen LogP contribution in [0.4, 0.5) is 0 Å². The number of thioether (sulfide) groups is 1. The summed E-state index contributed by atoms with van der Waals surface area (Å²) < 4.78 is 11.6. The van der Waals surface area contributed by atoms with Gasteiger partial charge in [0.15, 0.2) is 0 Å². The van der Waals surface area contributed by atoms with Gasteiger partial charge in [0.25, 0.3) is 6.47 Å². The van der Waals surface area contributed by atoms with Crippen molar-refractivity contribution in [3.8, 4) is 5.75 Å². The Morgan fingerprint density at radius 2 is 2.04 bits per heavy atom. The Morgan fingerprint density at radius 3 is 2.62 bits per heavy atom. The summed E-state index contributed by atoms with van der Waals surface area (Å²) in [6.07, 6.45) is 3.06. The molecule has 2 rings (SSSR count). The van der Waals surface area contributed by atoms with Crippen molar-refractivity contribution in [3.63, 3.8) is 0 Å². The van der Waals surface area contributed by atoms with Gasteiger partial charge in [0.05, 0.1) is 4.47 Å². The molecule has 0 fully saturated rings. The topological polar surface area (TPSA) is 38.8 Å². The summed E-state index contributed by atoms with van der Waals surface area (Å²) in [5.41, 5.74) is 0. The zero-order chi connectivity index (χ0) is 19.2. The van der Waals surface area contributed by atoms with Gasteiger partial charge < -0.3 is 14.4 Å². The normalized spacial score (nSPS) is 11.4. The van der Waals surface area contributed by atoms with E-state index in [4.69, 9.17) is 4.74 Å². The number of carbonyl (C=O) groups excluding carboxylic acids is 1. The highest BCUT2D eigenvalue weighted by Gasteiger charge is 2.16. The van der Waals surface area contributed by atoms with Gasteiger partial charge in [-0.3, -0.25) is 4.79 Å². The van der Waals surface area contributed by atoms with E-state index < -0.39 is 0 Å². The van der Waals surface area contributed by atoms with E-state index in [0.717, 1.165) is 28.9 Å². The highest BCUT2D eigenvalue weighted by molar-refractivity contribution is 9.10. The fraction of sp³-hybridized carbons (Fsp3) is 0.421. The first-order chi connectivity index (χ1) is 12.6. The average molecular weight is 460 g/mol. The molecule has 144 valence electrons. The maximum atomic E-state index is 9.45. The quantitative estimate of drug-likeness (QED) is 0.364. The van der Waals surface area contributed by atoms with Crippen LogP contribution in [0.5, 0.6) is 5.75 Å². The SMILES string of the molecule is CN(C)CCC(Oc1ccccc1Br)c1cccs1.CSCCOC=O. The summed E-state index contributed by atoms with van der Waals surface area (Å²) in [5, 5.41) is 2.10. The van der Waals surface area contributed by atoms with Crippen LogP contribution in [0.25, 0.3) is 0 Å². The molecule has 0 amide bonds. The van der Waals surface area contributed by atoms with Gasteiger partial charge >= 0.3 is 0 Å². The van der Waals surface area contributed by atoms with Gasteiger partial charge in [-0.2, -0.15) is 11.8 Å². The zero-order valence-corrected chi connectivity index (χ0v) is 18.6. The summed E-state index contributed by atoms with van der Waals surface area (Å²) in [6.45, 7) is 2.01. The lowest BCUT2D eigenvalue weighted by molar-refractivity contribution is -0.128. The van der Waals surface area contributed by atoms with E-state index >= 15 is 0 Å². The predicted molar refractivity (Wildman–Crippen MR) is 115 cm³/mol. The predicted octanol–water partition coefficient (Wildman–Crippen LogP) is 5.10. The van der Waals surface area contributed by atoms with E-state index in [9.17, 15) is 4.79 Å². The van der Waals surface area contributed by atoms with Crippen molar-refractivity contribution in [2.24, 2.45) is 0 Å². The third-order valence-electron chi connectivity index (χ3n) is 3.28. The lowest BCUT2D eigenvalue weighted by Gasteiger charge is -2.20. The van der Waals surface area contributed by atoms with Gasteiger partial charge in [-0.05, 0) is 59.9 Å². The molecule has 0 radical (unpaired) electrons. The Kier molecular flexibility index (Phi) is 12.5. The van der Waals surface area contributed by atoms with Crippen LogP contribution < -0.4 is 4.74 Å². The minimum Gasteiger partial charge on any atom is -0.484 e. The van der Waals surface area contributed by atoms with Crippen LogP contribution in [-0.2, 0) is 9.53 Å². The molecule has 0 aliphatic heterocycles. The first-order valence-electron chi connectivity index (χ1n) is 8.22. The number of ether oxygens (including phenoxy) is 2. The molecule has 1 aromatic carbocycles. The van der Waals surface area contributed by atoms with Crippen LogP contribution in [0.2, 0.25) is 0 Å². The monoisotopic (exact) mass is 459 g/mol. The van der Waals surface area contributed by atoms with Gasteiger partial charge in [-0.25, -0.2) is 0 Å². The van der Waals surface area contributed by atoms with Crippen molar-refractivity contribution < 1.29 is 14.3 Å². The molecule has 0 N–H and O–H groups in total. The molecule has 1 unspecified atom stereocenters. The van der Waals surface area contributed by atoms with Gasteiger partial charge in [0.2, 0.25) is 0 Å². The molecule has 1 aromatic heterocycles. The first-order valence-corrected chi connectivity index (χ1v) is 11.3. The second-order valence-corrected chi connectivity index (χ2v) is 8.42. The average Bonchev–Trinajstić information content (AvgIpc) is 3.15. The van der Waals surface area contributed by atoms with Crippen molar-refractivity contribution in [3.05, 3.63) is 51.1 Å². The number of nitrogens with zero attached hydrogens (tertiary/aromatic N) is 1.